The van der Waals surface area contributed by atoms with Gasteiger partial charge in [-0.25, -0.2) is 4.39 Å². The van der Waals surface area contributed by atoms with Crippen LogP contribution in [0.5, 0.6) is 5.75 Å². The second kappa shape index (κ2) is 8.09. The number of alkyl halides is 2. The molecule has 2 N–H and O–H groups in total. The van der Waals surface area contributed by atoms with Crippen LogP contribution in [0.3, 0.4) is 0 Å². The van der Waals surface area contributed by atoms with E-state index >= 15 is 0 Å². The van der Waals surface area contributed by atoms with Gasteiger partial charge in [0, 0.05) is 18.7 Å². The normalized spacial score (nSPS) is 18.0. The molecule has 0 spiro atoms. The van der Waals surface area contributed by atoms with E-state index in [1.807, 2.05) is 0 Å². The second-order valence-electron chi connectivity index (χ2n) is 4.54. The van der Waals surface area contributed by atoms with E-state index in [1.54, 1.807) is 0 Å². The van der Waals surface area contributed by atoms with Crippen LogP contribution in [0.15, 0.2) is 18.2 Å². The van der Waals surface area contributed by atoms with Crippen LogP contribution in [0, 0.1) is 5.82 Å². The molecule has 1 amide bonds. The molecule has 1 aromatic carbocycles. The summed E-state index contributed by atoms with van der Waals surface area (Å²) in [5, 5.41) is 5.84. The van der Waals surface area contributed by atoms with Gasteiger partial charge in [0.25, 0.3) is 5.91 Å². The van der Waals surface area contributed by atoms with Crippen molar-refractivity contribution >= 4 is 18.3 Å². The Morgan fingerprint density at radius 3 is 2.81 bits per heavy atom. The highest BCUT2D eigenvalue weighted by Crippen LogP contribution is 2.22. The molecule has 2 rings (SSSR count). The van der Waals surface area contributed by atoms with Crippen molar-refractivity contribution in [2.75, 3.05) is 13.1 Å². The first-order valence-electron chi connectivity index (χ1n) is 6.32. The molecule has 1 heterocycles. The second-order valence-corrected chi connectivity index (χ2v) is 4.54. The van der Waals surface area contributed by atoms with Gasteiger partial charge in [0.05, 0.1) is 5.56 Å². The number of carbonyl (C=O) groups excluding carboxylic acids is 1. The Balaban J connectivity index is 0.00000220. The molecule has 1 saturated heterocycles. The molecule has 1 aromatic rings. The Morgan fingerprint density at radius 2 is 2.19 bits per heavy atom. The van der Waals surface area contributed by atoms with Gasteiger partial charge in [-0.2, -0.15) is 8.78 Å². The smallest absolute Gasteiger partial charge is 0.387 e. The van der Waals surface area contributed by atoms with Crippen molar-refractivity contribution in [3.8, 4) is 5.75 Å². The SMILES string of the molecule is Cl.O=C(N[C@H]1CCCNC1)c1ccc(F)cc1OC(F)F. The number of ether oxygens (including phenoxy) is 1. The first-order chi connectivity index (χ1) is 9.56. The zero-order valence-electron chi connectivity index (χ0n) is 11.1. The van der Waals surface area contributed by atoms with Crippen molar-refractivity contribution in [3.63, 3.8) is 0 Å². The lowest BCUT2D eigenvalue weighted by Gasteiger charge is -2.24. The molecule has 0 bridgehead atoms. The summed E-state index contributed by atoms with van der Waals surface area (Å²) in [4.78, 5) is 12.0. The number of carbonyl (C=O) groups is 1. The molecule has 0 radical (unpaired) electrons. The van der Waals surface area contributed by atoms with Crippen LogP contribution in [0.2, 0.25) is 0 Å². The van der Waals surface area contributed by atoms with Gasteiger partial charge >= 0.3 is 6.61 Å². The van der Waals surface area contributed by atoms with Crippen molar-refractivity contribution in [1.82, 2.24) is 10.6 Å². The number of hydrogen-bond acceptors (Lipinski definition) is 3. The van der Waals surface area contributed by atoms with E-state index in [1.165, 1.54) is 0 Å². The van der Waals surface area contributed by atoms with Gasteiger partial charge in [0.2, 0.25) is 0 Å². The largest absolute Gasteiger partial charge is 0.434 e. The summed E-state index contributed by atoms with van der Waals surface area (Å²) in [5.41, 5.74) is -0.0997. The summed E-state index contributed by atoms with van der Waals surface area (Å²) < 4.78 is 41.8. The molecule has 0 saturated carbocycles. The standard InChI is InChI=1S/C13H15F3N2O2.ClH/c14-8-3-4-10(11(6-8)20-13(15)16)12(19)18-9-2-1-5-17-7-9;/h3-4,6,9,13,17H,1-2,5,7H2,(H,18,19);1H/t9-;/m0./s1. The van der Waals surface area contributed by atoms with Crippen LogP contribution < -0.4 is 15.4 Å². The molecular weight excluding hydrogens is 309 g/mol. The Bertz CT molecular complexity index is 482. The van der Waals surface area contributed by atoms with E-state index in [4.69, 9.17) is 0 Å². The fraction of sp³-hybridized carbons (Fsp3) is 0.462. The summed E-state index contributed by atoms with van der Waals surface area (Å²) in [6.45, 7) is -1.60. The highest BCUT2D eigenvalue weighted by molar-refractivity contribution is 5.97. The van der Waals surface area contributed by atoms with Gasteiger partial charge in [0.1, 0.15) is 11.6 Å². The van der Waals surface area contributed by atoms with Crippen LogP contribution >= 0.6 is 12.4 Å². The molecule has 8 heteroatoms. The van der Waals surface area contributed by atoms with Gasteiger partial charge < -0.3 is 15.4 Å². The molecular formula is C13H16ClF3N2O2. The Morgan fingerprint density at radius 1 is 1.43 bits per heavy atom. The minimum atomic E-state index is -3.11. The van der Waals surface area contributed by atoms with Crippen LogP contribution in [-0.4, -0.2) is 31.7 Å². The molecule has 0 aliphatic carbocycles. The van der Waals surface area contributed by atoms with Crippen molar-refractivity contribution in [2.45, 2.75) is 25.5 Å². The molecule has 0 unspecified atom stereocenters. The lowest BCUT2D eigenvalue weighted by molar-refractivity contribution is -0.0503. The van der Waals surface area contributed by atoms with Crippen molar-refractivity contribution in [1.29, 1.82) is 0 Å². The van der Waals surface area contributed by atoms with E-state index in [9.17, 15) is 18.0 Å². The third-order valence-electron chi connectivity index (χ3n) is 3.04. The average Bonchev–Trinajstić information content (AvgIpc) is 2.39. The lowest BCUT2D eigenvalue weighted by Crippen LogP contribution is -2.45. The maximum Gasteiger partial charge on any atom is 0.387 e. The van der Waals surface area contributed by atoms with Crippen LogP contribution in [-0.2, 0) is 0 Å². The zero-order chi connectivity index (χ0) is 14.5. The fourth-order valence-corrected chi connectivity index (χ4v) is 2.12. The van der Waals surface area contributed by atoms with E-state index in [0.29, 0.717) is 6.54 Å². The minimum Gasteiger partial charge on any atom is -0.434 e. The first-order valence-corrected chi connectivity index (χ1v) is 6.32. The van der Waals surface area contributed by atoms with Gasteiger partial charge in [-0.3, -0.25) is 4.79 Å². The van der Waals surface area contributed by atoms with E-state index in [2.05, 4.69) is 15.4 Å². The summed E-state index contributed by atoms with van der Waals surface area (Å²) >= 11 is 0. The van der Waals surface area contributed by atoms with Gasteiger partial charge in [0.15, 0.2) is 0 Å². The van der Waals surface area contributed by atoms with E-state index < -0.39 is 24.1 Å². The first kappa shape index (κ1) is 17.6. The van der Waals surface area contributed by atoms with Gasteiger partial charge in [-0.05, 0) is 31.5 Å². The number of piperidine rings is 1. The lowest BCUT2D eigenvalue weighted by atomic mass is 10.1. The topological polar surface area (TPSA) is 50.4 Å². The Kier molecular flexibility index (Phi) is 6.77. The third-order valence-corrected chi connectivity index (χ3v) is 3.04. The maximum atomic E-state index is 13.1. The number of halogens is 4. The fourth-order valence-electron chi connectivity index (χ4n) is 2.12. The van der Waals surface area contributed by atoms with E-state index in [-0.39, 0.29) is 24.0 Å². The average molecular weight is 325 g/mol. The maximum absolute atomic E-state index is 13.1. The van der Waals surface area contributed by atoms with Crippen molar-refractivity contribution in [2.24, 2.45) is 0 Å². The molecule has 0 aromatic heterocycles. The predicted molar refractivity (Wildman–Crippen MR) is 73.6 cm³/mol. The number of amides is 1. The summed E-state index contributed by atoms with van der Waals surface area (Å²) in [7, 11) is 0. The van der Waals surface area contributed by atoms with Crippen LogP contribution in [0.25, 0.3) is 0 Å². The Hall–Kier alpha value is -1.47. The minimum absolute atomic E-state index is 0. The number of benzene rings is 1. The quantitative estimate of drug-likeness (QED) is 0.894. The highest BCUT2D eigenvalue weighted by atomic mass is 35.5. The van der Waals surface area contributed by atoms with E-state index in [0.717, 1.165) is 37.6 Å². The van der Waals surface area contributed by atoms with Gasteiger partial charge in [-0.1, -0.05) is 0 Å². The van der Waals surface area contributed by atoms with Crippen LogP contribution in [0.1, 0.15) is 23.2 Å². The summed E-state index contributed by atoms with van der Waals surface area (Å²) in [6.07, 6.45) is 1.74. The van der Waals surface area contributed by atoms with Crippen LogP contribution in [0.4, 0.5) is 13.2 Å². The molecule has 1 atom stereocenters. The summed E-state index contributed by atoms with van der Waals surface area (Å²) in [6, 6.07) is 2.88. The molecule has 4 nitrogen and oxygen atoms in total. The third kappa shape index (κ3) is 5.09. The molecule has 1 aliphatic rings. The molecule has 1 fully saturated rings. The summed E-state index contributed by atoms with van der Waals surface area (Å²) in [5.74, 6) is -1.74. The zero-order valence-corrected chi connectivity index (χ0v) is 11.9. The molecule has 118 valence electrons. The van der Waals surface area contributed by atoms with Gasteiger partial charge in [-0.15, -0.1) is 12.4 Å². The monoisotopic (exact) mass is 324 g/mol. The van der Waals surface area contributed by atoms with Crippen molar-refractivity contribution < 1.29 is 22.7 Å². The number of nitrogens with one attached hydrogen (secondary N) is 2. The molecule has 21 heavy (non-hydrogen) atoms. The van der Waals surface area contributed by atoms with Crippen molar-refractivity contribution in [3.05, 3.63) is 29.6 Å². The number of rotatable bonds is 4. The predicted octanol–water partition coefficient (Wildman–Crippen LogP) is 2.33. The molecule has 1 aliphatic heterocycles. The number of hydrogen-bond donors (Lipinski definition) is 2. The highest BCUT2D eigenvalue weighted by Gasteiger charge is 2.20. The Labute approximate surface area is 126 Å².